The van der Waals surface area contributed by atoms with E-state index in [1.54, 1.807) is 0 Å². The molecule has 1 amide bonds. The maximum Gasteiger partial charge on any atom is 0.354 e. The monoisotopic (exact) mass is 282 g/mol. The first-order valence-corrected chi connectivity index (χ1v) is 7.40. The molecule has 0 aliphatic carbocycles. The van der Waals surface area contributed by atoms with E-state index in [2.05, 4.69) is 10.3 Å². The minimum atomic E-state index is -1.16. The second kappa shape index (κ2) is 5.92. The van der Waals surface area contributed by atoms with Crippen molar-refractivity contribution in [3.8, 4) is 0 Å². The van der Waals surface area contributed by atoms with Crippen molar-refractivity contribution < 1.29 is 18.9 Å². The van der Waals surface area contributed by atoms with Gasteiger partial charge in [-0.3, -0.25) is 9.00 Å². The smallest absolute Gasteiger partial charge is 0.354 e. The third-order valence-corrected chi connectivity index (χ3v) is 4.35. The van der Waals surface area contributed by atoms with E-state index in [-0.39, 0.29) is 23.2 Å². The van der Waals surface area contributed by atoms with Gasteiger partial charge in [0.2, 0.25) is 0 Å². The summed E-state index contributed by atoms with van der Waals surface area (Å²) < 4.78 is 11.2. The molecule has 102 valence electrons. The van der Waals surface area contributed by atoms with Crippen molar-refractivity contribution in [3.05, 3.63) is 29.6 Å². The minimum absolute atomic E-state index is 0.00615. The highest BCUT2D eigenvalue weighted by molar-refractivity contribution is 7.85. The molecule has 0 radical (unpaired) electrons. The fourth-order valence-corrected chi connectivity index (χ4v) is 3.19. The number of hydrogen-bond acceptors (Lipinski definition) is 4. The van der Waals surface area contributed by atoms with E-state index in [0.717, 1.165) is 0 Å². The number of carbonyl (C=O) groups excluding carboxylic acids is 1. The fraction of sp³-hybridized carbons (Fsp3) is 0.417. The largest absolute Gasteiger partial charge is 0.477 e. The van der Waals surface area contributed by atoms with E-state index in [4.69, 9.17) is 5.11 Å². The Hall–Kier alpha value is -1.76. The summed E-state index contributed by atoms with van der Waals surface area (Å²) in [5.41, 5.74) is 0.122. The van der Waals surface area contributed by atoms with Crippen LogP contribution in [0.4, 0.5) is 0 Å². The van der Waals surface area contributed by atoms with Gasteiger partial charge in [0.05, 0.1) is 0 Å². The van der Waals surface area contributed by atoms with Crippen LogP contribution in [-0.4, -0.2) is 43.7 Å². The van der Waals surface area contributed by atoms with Crippen LogP contribution in [0.5, 0.6) is 0 Å². The van der Waals surface area contributed by atoms with E-state index in [1.165, 1.54) is 18.3 Å². The summed E-state index contributed by atoms with van der Waals surface area (Å²) in [6.45, 7) is 0. The Morgan fingerprint density at radius 2 is 2.05 bits per heavy atom. The second-order valence-electron chi connectivity index (χ2n) is 4.33. The Labute approximate surface area is 112 Å². The lowest BCUT2D eigenvalue weighted by atomic mass is 10.1. The van der Waals surface area contributed by atoms with E-state index >= 15 is 0 Å². The van der Waals surface area contributed by atoms with Crippen molar-refractivity contribution in [2.45, 2.75) is 18.9 Å². The number of nitrogens with one attached hydrogen (secondary N) is 1. The molecule has 1 aliphatic rings. The van der Waals surface area contributed by atoms with E-state index in [1.807, 2.05) is 0 Å². The Balaban J connectivity index is 2.01. The number of rotatable bonds is 3. The maximum absolute atomic E-state index is 12.0. The third kappa shape index (κ3) is 3.60. The zero-order chi connectivity index (χ0) is 13.8. The van der Waals surface area contributed by atoms with Gasteiger partial charge in [-0.2, -0.15) is 0 Å². The van der Waals surface area contributed by atoms with Gasteiger partial charge < -0.3 is 10.4 Å². The van der Waals surface area contributed by atoms with Gasteiger partial charge in [-0.15, -0.1) is 0 Å². The predicted octanol–water partition coefficient (Wildman–Crippen LogP) is 0.421. The first kappa shape index (κ1) is 13.7. The fourth-order valence-electron chi connectivity index (χ4n) is 1.90. The molecular formula is C12H14N2O4S. The molecule has 0 saturated carbocycles. The van der Waals surface area contributed by atoms with Crippen molar-refractivity contribution in [2.75, 3.05) is 11.5 Å². The molecule has 1 aromatic rings. The van der Waals surface area contributed by atoms with Crippen LogP contribution in [0.3, 0.4) is 0 Å². The second-order valence-corrected chi connectivity index (χ2v) is 6.03. The zero-order valence-electron chi connectivity index (χ0n) is 10.2. The molecule has 0 atom stereocenters. The van der Waals surface area contributed by atoms with Crippen LogP contribution in [0.15, 0.2) is 18.3 Å². The molecule has 6 nitrogen and oxygen atoms in total. The summed E-state index contributed by atoms with van der Waals surface area (Å²) >= 11 is 0. The SMILES string of the molecule is O=C(NC1CCS(=O)CC1)c1ccnc(C(=O)O)c1. The number of carboxylic acid groups (broad SMARTS) is 1. The van der Waals surface area contributed by atoms with E-state index in [0.29, 0.717) is 24.3 Å². The number of aromatic nitrogens is 1. The quantitative estimate of drug-likeness (QED) is 0.837. The predicted molar refractivity (Wildman–Crippen MR) is 69.6 cm³/mol. The number of amides is 1. The number of aromatic carboxylic acids is 1. The van der Waals surface area contributed by atoms with Gasteiger partial charge in [0.15, 0.2) is 0 Å². The van der Waals surface area contributed by atoms with Crippen LogP contribution in [0, 0.1) is 0 Å². The Kier molecular flexibility index (Phi) is 4.26. The highest BCUT2D eigenvalue weighted by Crippen LogP contribution is 2.10. The Bertz CT molecular complexity index is 522. The summed E-state index contributed by atoms with van der Waals surface area (Å²) in [4.78, 5) is 26.4. The van der Waals surface area contributed by atoms with Crippen LogP contribution in [0.2, 0.25) is 0 Å². The number of nitrogens with zero attached hydrogens (tertiary/aromatic N) is 1. The van der Waals surface area contributed by atoms with Crippen molar-refractivity contribution in [1.82, 2.24) is 10.3 Å². The van der Waals surface area contributed by atoms with Gasteiger partial charge >= 0.3 is 5.97 Å². The minimum Gasteiger partial charge on any atom is -0.477 e. The van der Waals surface area contributed by atoms with Crippen LogP contribution in [-0.2, 0) is 10.8 Å². The van der Waals surface area contributed by atoms with Crippen LogP contribution in [0.25, 0.3) is 0 Å². The van der Waals surface area contributed by atoms with Gasteiger partial charge in [0, 0.05) is 40.1 Å². The van der Waals surface area contributed by atoms with Gasteiger partial charge in [-0.1, -0.05) is 0 Å². The van der Waals surface area contributed by atoms with Gasteiger partial charge in [-0.25, -0.2) is 9.78 Å². The molecule has 19 heavy (non-hydrogen) atoms. The normalized spacial score (nSPS) is 22.7. The summed E-state index contributed by atoms with van der Waals surface area (Å²) in [5, 5.41) is 11.6. The van der Waals surface area contributed by atoms with Crippen LogP contribution in [0.1, 0.15) is 33.7 Å². The first-order valence-electron chi connectivity index (χ1n) is 5.91. The molecule has 0 aromatic carbocycles. The Morgan fingerprint density at radius 1 is 1.37 bits per heavy atom. The van der Waals surface area contributed by atoms with E-state index in [9.17, 15) is 13.8 Å². The zero-order valence-corrected chi connectivity index (χ0v) is 11.0. The van der Waals surface area contributed by atoms with Gasteiger partial charge in [0.1, 0.15) is 5.69 Å². The number of pyridine rings is 1. The number of carboxylic acids is 1. The molecule has 1 aromatic heterocycles. The summed E-state index contributed by atoms with van der Waals surface area (Å²) in [6, 6.07) is 2.73. The van der Waals surface area contributed by atoms with Crippen LogP contribution >= 0.6 is 0 Å². The van der Waals surface area contributed by atoms with Crippen molar-refractivity contribution in [3.63, 3.8) is 0 Å². The van der Waals surface area contributed by atoms with Gasteiger partial charge in [0.25, 0.3) is 5.91 Å². The van der Waals surface area contributed by atoms with Gasteiger partial charge in [-0.05, 0) is 25.0 Å². The molecule has 1 fully saturated rings. The lowest BCUT2D eigenvalue weighted by molar-refractivity contribution is 0.0690. The molecule has 0 unspecified atom stereocenters. The lowest BCUT2D eigenvalue weighted by Crippen LogP contribution is -2.39. The summed E-state index contributed by atoms with van der Waals surface area (Å²) in [6.07, 6.45) is 2.68. The highest BCUT2D eigenvalue weighted by Gasteiger charge is 2.20. The number of hydrogen-bond donors (Lipinski definition) is 2. The number of carbonyl (C=O) groups is 2. The molecule has 2 N–H and O–H groups in total. The topological polar surface area (TPSA) is 96.4 Å². The average molecular weight is 282 g/mol. The highest BCUT2D eigenvalue weighted by atomic mass is 32.2. The molecule has 0 bridgehead atoms. The third-order valence-electron chi connectivity index (χ3n) is 2.96. The van der Waals surface area contributed by atoms with Crippen molar-refractivity contribution >= 4 is 22.7 Å². The van der Waals surface area contributed by atoms with E-state index < -0.39 is 16.8 Å². The lowest BCUT2D eigenvalue weighted by Gasteiger charge is -2.22. The molecular weight excluding hydrogens is 268 g/mol. The van der Waals surface area contributed by atoms with Crippen molar-refractivity contribution in [1.29, 1.82) is 0 Å². The maximum atomic E-state index is 12.0. The Morgan fingerprint density at radius 3 is 2.68 bits per heavy atom. The average Bonchev–Trinajstić information content (AvgIpc) is 2.41. The molecule has 2 heterocycles. The molecule has 7 heteroatoms. The molecule has 0 spiro atoms. The standard InChI is InChI=1S/C12H14N2O4S/c15-11(14-9-2-5-19(18)6-3-9)8-1-4-13-10(7-8)12(16)17/h1,4,7,9H,2-3,5-6H2,(H,14,15)(H,16,17). The molecule has 1 saturated heterocycles. The summed E-state index contributed by atoms with van der Waals surface area (Å²) in [5.74, 6) is -0.283. The summed E-state index contributed by atoms with van der Waals surface area (Å²) in [7, 11) is -0.769. The molecule has 1 aliphatic heterocycles. The van der Waals surface area contributed by atoms with Crippen LogP contribution < -0.4 is 5.32 Å². The van der Waals surface area contributed by atoms with Crippen molar-refractivity contribution in [2.24, 2.45) is 0 Å². The molecule has 2 rings (SSSR count). The first-order chi connectivity index (χ1) is 9.06.